The van der Waals surface area contributed by atoms with E-state index in [1.165, 1.54) is 5.56 Å². The molecular formula is C22H30N4O2. The van der Waals surface area contributed by atoms with Gasteiger partial charge in [0.05, 0.1) is 12.3 Å². The van der Waals surface area contributed by atoms with Crippen LogP contribution in [0.15, 0.2) is 48.8 Å². The molecule has 1 aliphatic heterocycles. The van der Waals surface area contributed by atoms with Crippen molar-refractivity contribution in [2.24, 2.45) is 5.92 Å². The number of nitrogens with zero attached hydrogens (tertiary/aromatic N) is 3. The Labute approximate surface area is 167 Å². The largest absolute Gasteiger partial charge is 0.492 e. The Morgan fingerprint density at radius 3 is 2.75 bits per heavy atom. The monoisotopic (exact) mass is 382 g/mol. The maximum atomic E-state index is 12.6. The highest BCUT2D eigenvalue weighted by molar-refractivity contribution is 5.91. The van der Waals surface area contributed by atoms with Gasteiger partial charge in [0, 0.05) is 44.6 Å². The summed E-state index contributed by atoms with van der Waals surface area (Å²) in [6, 6.07) is 11.9. The van der Waals surface area contributed by atoms with Crippen LogP contribution in [0.25, 0.3) is 0 Å². The van der Waals surface area contributed by atoms with E-state index in [1.54, 1.807) is 6.20 Å². The molecule has 1 saturated heterocycles. The zero-order valence-electron chi connectivity index (χ0n) is 17.0. The summed E-state index contributed by atoms with van der Waals surface area (Å²) >= 11 is 0. The number of amides is 2. The molecule has 0 bridgehead atoms. The van der Waals surface area contributed by atoms with Crippen LogP contribution >= 0.6 is 0 Å². The van der Waals surface area contributed by atoms with Gasteiger partial charge in [0.2, 0.25) is 0 Å². The van der Waals surface area contributed by atoms with Crippen LogP contribution < -0.4 is 10.1 Å². The number of benzene rings is 1. The minimum atomic E-state index is -0.0747. The average Bonchev–Trinajstić information content (AvgIpc) is 2.62. The summed E-state index contributed by atoms with van der Waals surface area (Å²) in [5, 5.41) is 2.98. The van der Waals surface area contributed by atoms with Crippen LogP contribution in [0.1, 0.15) is 26.3 Å². The highest BCUT2D eigenvalue weighted by Gasteiger charge is 2.35. The first kappa shape index (κ1) is 20.1. The van der Waals surface area contributed by atoms with Crippen molar-refractivity contribution in [3.8, 4) is 5.75 Å². The van der Waals surface area contributed by atoms with E-state index in [-0.39, 0.29) is 6.03 Å². The van der Waals surface area contributed by atoms with Crippen LogP contribution in [-0.2, 0) is 6.54 Å². The third-order valence-electron chi connectivity index (χ3n) is 4.80. The van der Waals surface area contributed by atoms with Gasteiger partial charge < -0.3 is 15.0 Å². The standard InChI is InChI=1S/C22H30N4O2/c1-4-28-21-10-6-5-9-20(21)24-22(27)26-15-19(16-26)25(13-17(2)3)14-18-8-7-11-23-12-18/h5-12,17,19H,4,13-16H2,1-3H3,(H,24,27). The smallest absolute Gasteiger partial charge is 0.322 e. The summed E-state index contributed by atoms with van der Waals surface area (Å²) in [5.41, 5.74) is 1.92. The van der Waals surface area contributed by atoms with Gasteiger partial charge in [0.15, 0.2) is 0 Å². The van der Waals surface area contributed by atoms with Gasteiger partial charge in [-0.3, -0.25) is 9.88 Å². The molecule has 0 spiro atoms. The molecule has 3 rings (SSSR count). The number of likely N-dealkylation sites (tertiary alicyclic amines) is 1. The lowest BCUT2D eigenvalue weighted by atomic mass is 10.0. The van der Waals surface area contributed by atoms with Crippen LogP contribution in [0.4, 0.5) is 10.5 Å². The predicted octanol–water partition coefficient (Wildman–Crippen LogP) is 3.85. The molecule has 150 valence electrons. The lowest BCUT2D eigenvalue weighted by Gasteiger charge is -2.45. The van der Waals surface area contributed by atoms with Crippen molar-refractivity contribution in [2.45, 2.75) is 33.4 Å². The normalized spacial score (nSPS) is 14.2. The fourth-order valence-corrected chi connectivity index (χ4v) is 3.44. The molecule has 6 heteroatoms. The predicted molar refractivity (Wildman–Crippen MR) is 111 cm³/mol. The number of nitrogens with one attached hydrogen (secondary N) is 1. The van der Waals surface area contributed by atoms with Gasteiger partial charge in [-0.25, -0.2) is 4.79 Å². The third kappa shape index (κ3) is 5.23. The molecule has 1 fully saturated rings. The number of hydrogen-bond acceptors (Lipinski definition) is 4. The summed E-state index contributed by atoms with van der Waals surface area (Å²) in [5.74, 6) is 1.27. The van der Waals surface area contributed by atoms with Crippen LogP contribution in [0.2, 0.25) is 0 Å². The number of carbonyl (C=O) groups is 1. The molecular weight excluding hydrogens is 352 g/mol. The maximum Gasteiger partial charge on any atom is 0.322 e. The average molecular weight is 383 g/mol. The molecule has 0 radical (unpaired) electrons. The van der Waals surface area contributed by atoms with Gasteiger partial charge in [-0.2, -0.15) is 0 Å². The van der Waals surface area contributed by atoms with Gasteiger partial charge in [-0.05, 0) is 36.6 Å². The van der Waals surface area contributed by atoms with Crippen LogP contribution in [0.3, 0.4) is 0 Å². The minimum Gasteiger partial charge on any atom is -0.492 e. The number of hydrogen-bond donors (Lipinski definition) is 1. The van der Waals surface area contributed by atoms with E-state index >= 15 is 0 Å². The SMILES string of the molecule is CCOc1ccccc1NC(=O)N1CC(N(Cc2cccnc2)CC(C)C)C1. The fourth-order valence-electron chi connectivity index (χ4n) is 3.44. The number of carbonyl (C=O) groups excluding carboxylic acids is 1. The Morgan fingerprint density at radius 1 is 1.29 bits per heavy atom. The Morgan fingerprint density at radius 2 is 2.07 bits per heavy atom. The van der Waals surface area contributed by atoms with Gasteiger partial charge in [0.1, 0.15) is 5.75 Å². The molecule has 2 heterocycles. The Bertz CT molecular complexity index is 760. The van der Waals surface area contributed by atoms with Crippen molar-refractivity contribution in [1.82, 2.24) is 14.8 Å². The number of para-hydroxylation sites is 2. The number of aromatic nitrogens is 1. The molecule has 1 aromatic carbocycles. The number of pyridine rings is 1. The molecule has 1 N–H and O–H groups in total. The summed E-state index contributed by atoms with van der Waals surface area (Å²) in [6.45, 7) is 10.3. The zero-order valence-corrected chi connectivity index (χ0v) is 17.0. The topological polar surface area (TPSA) is 57.7 Å². The highest BCUT2D eigenvalue weighted by atomic mass is 16.5. The molecule has 0 unspecified atom stereocenters. The second-order valence-corrected chi connectivity index (χ2v) is 7.60. The van der Waals surface area contributed by atoms with E-state index in [1.807, 2.05) is 48.4 Å². The fraction of sp³-hybridized carbons (Fsp3) is 0.455. The second kappa shape index (κ2) is 9.55. The molecule has 0 atom stereocenters. The van der Waals surface area contributed by atoms with Crippen LogP contribution in [0.5, 0.6) is 5.75 Å². The van der Waals surface area contributed by atoms with Crippen LogP contribution in [-0.4, -0.2) is 53.1 Å². The molecule has 28 heavy (non-hydrogen) atoms. The van der Waals surface area contributed by atoms with E-state index in [0.29, 0.717) is 30.0 Å². The number of anilines is 1. The maximum absolute atomic E-state index is 12.6. The van der Waals surface area contributed by atoms with E-state index < -0.39 is 0 Å². The van der Waals surface area contributed by atoms with Crippen molar-refractivity contribution >= 4 is 11.7 Å². The molecule has 2 aromatic rings. The highest BCUT2D eigenvalue weighted by Crippen LogP contribution is 2.25. The molecule has 1 aliphatic rings. The van der Waals surface area contributed by atoms with Gasteiger partial charge in [-0.1, -0.05) is 32.0 Å². The zero-order chi connectivity index (χ0) is 19.9. The summed E-state index contributed by atoms with van der Waals surface area (Å²) in [6.07, 6.45) is 3.72. The lowest BCUT2D eigenvalue weighted by molar-refractivity contribution is 0.0485. The van der Waals surface area contributed by atoms with E-state index in [4.69, 9.17) is 4.74 Å². The van der Waals surface area contributed by atoms with Crippen LogP contribution in [0, 0.1) is 5.92 Å². The Hall–Kier alpha value is -2.60. The second-order valence-electron chi connectivity index (χ2n) is 7.60. The number of urea groups is 1. The first-order chi connectivity index (χ1) is 13.6. The molecule has 0 saturated carbocycles. The lowest BCUT2D eigenvalue weighted by Crippen LogP contribution is -2.62. The Kier molecular flexibility index (Phi) is 6.87. The van der Waals surface area contributed by atoms with Crippen molar-refractivity contribution in [1.29, 1.82) is 0 Å². The van der Waals surface area contributed by atoms with E-state index in [9.17, 15) is 4.79 Å². The van der Waals surface area contributed by atoms with E-state index in [2.05, 4.69) is 35.1 Å². The minimum absolute atomic E-state index is 0.0747. The summed E-state index contributed by atoms with van der Waals surface area (Å²) in [4.78, 5) is 21.2. The van der Waals surface area contributed by atoms with Crippen molar-refractivity contribution < 1.29 is 9.53 Å². The molecule has 0 aliphatic carbocycles. The summed E-state index contributed by atoms with van der Waals surface area (Å²) in [7, 11) is 0. The van der Waals surface area contributed by atoms with Gasteiger partial charge in [-0.15, -0.1) is 0 Å². The van der Waals surface area contributed by atoms with Crippen molar-refractivity contribution in [2.75, 3.05) is 31.6 Å². The number of rotatable bonds is 8. The Balaban J connectivity index is 1.57. The third-order valence-corrected chi connectivity index (χ3v) is 4.80. The first-order valence-corrected chi connectivity index (χ1v) is 9.97. The van der Waals surface area contributed by atoms with Gasteiger partial charge >= 0.3 is 6.03 Å². The van der Waals surface area contributed by atoms with Crippen molar-refractivity contribution in [3.05, 3.63) is 54.4 Å². The summed E-state index contributed by atoms with van der Waals surface area (Å²) < 4.78 is 5.59. The van der Waals surface area contributed by atoms with Gasteiger partial charge in [0.25, 0.3) is 0 Å². The quantitative estimate of drug-likeness (QED) is 0.753. The molecule has 1 aromatic heterocycles. The van der Waals surface area contributed by atoms with Crippen molar-refractivity contribution in [3.63, 3.8) is 0 Å². The first-order valence-electron chi connectivity index (χ1n) is 9.97. The molecule has 6 nitrogen and oxygen atoms in total. The number of ether oxygens (including phenoxy) is 1. The molecule has 2 amide bonds. The van der Waals surface area contributed by atoms with E-state index in [0.717, 1.165) is 26.2 Å².